The predicted molar refractivity (Wildman–Crippen MR) is 137 cm³/mol. The van der Waals surface area contributed by atoms with E-state index in [9.17, 15) is 4.79 Å². The van der Waals surface area contributed by atoms with Gasteiger partial charge in [0, 0.05) is 11.7 Å². The van der Waals surface area contributed by atoms with Crippen LogP contribution in [0.1, 0.15) is 60.8 Å². The molecule has 0 amide bonds. The van der Waals surface area contributed by atoms with E-state index >= 15 is 0 Å². The fourth-order valence-electron chi connectivity index (χ4n) is 4.41. The first-order chi connectivity index (χ1) is 15.1. The van der Waals surface area contributed by atoms with E-state index in [1.165, 1.54) is 10.4 Å². The topological polar surface area (TPSA) is 35.5 Å². The zero-order valence-electron chi connectivity index (χ0n) is 20.7. The highest BCUT2D eigenvalue weighted by Crippen LogP contribution is 2.38. The molecule has 0 saturated carbocycles. The number of hydrogen-bond acceptors (Lipinski definition) is 3. The zero-order chi connectivity index (χ0) is 23.8. The molecule has 2 atom stereocenters. The molecule has 0 aromatic heterocycles. The van der Waals surface area contributed by atoms with E-state index in [0.717, 1.165) is 12.8 Å². The molecule has 0 heterocycles. The van der Waals surface area contributed by atoms with Crippen LogP contribution < -0.4 is 10.4 Å². The van der Waals surface area contributed by atoms with Gasteiger partial charge >= 0.3 is 5.97 Å². The van der Waals surface area contributed by atoms with Crippen molar-refractivity contribution in [1.29, 1.82) is 0 Å². The number of carbonyl (C=O) groups excluding carboxylic acids is 1. The van der Waals surface area contributed by atoms with E-state index in [4.69, 9.17) is 9.16 Å². The van der Waals surface area contributed by atoms with Crippen molar-refractivity contribution in [3.63, 3.8) is 0 Å². The summed E-state index contributed by atoms with van der Waals surface area (Å²) in [6.45, 7) is 17.4. The molecular formula is C28H40O3Si. The van der Waals surface area contributed by atoms with Crippen LogP contribution in [0.15, 0.2) is 72.8 Å². The number of hydrogen-bond donors (Lipinski definition) is 0. The van der Waals surface area contributed by atoms with Crippen LogP contribution in [0.2, 0.25) is 5.04 Å². The molecule has 0 radical (unpaired) electrons. The molecule has 174 valence electrons. The van der Waals surface area contributed by atoms with Crippen LogP contribution in [0.4, 0.5) is 0 Å². The quantitative estimate of drug-likeness (QED) is 0.243. The second-order valence-electron chi connectivity index (χ2n) is 9.80. The number of ether oxygens (including phenoxy) is 1. The Bertz CT molecular complexity index is 816. The van der Waals surface area contributed by atoms with E-state index in [0.29, 0.717) is 24.5 Å². The molecule has 4 heteroatoms. The van der Waals surface area contributed by atoms with Gasteiger partial charge in [-0.2, -0.15) is 0 Å². The van der Waals surface area contributed by atoms with Crippen LogP contribution in [-0.4, -0.2) is 27.0 Å². The first kappa shape index (κ1) is 26.1. The SMILES string of the molecule is C=C(C[C@H](C)CC[C@@H](C)O[Si](c1ccccc1)(c1ccccc1)C(C)(C)C)C(=O)OCC. The Morgan fingerprint density at radius 1 is 0.938 bits per heavy atom. The summed E-state index contributed by atoms with van der Waals surface area (Å²) in [5.41, 5.74) is 0.555. The maximum absolute atomic E-state index is 11.9. The van der Waals surface area contributed by atoms with E-state index < -0.39 is 8.32 Å². The minimum absolute atomic E-state index is 0.0339. The lowest BCUT2D eigenvalue weighted by atomic mass is 9.96. The second-order valence-corrected chi connectivity index (χ2v) is 14.1. The lowest BCUT2D eigenvalue weighted by molar-refractivity contribution is -0.138. The lowest BCUT2D eigenvalue weighted by Crippen LogP contribution is -2.67. The molecular weight excluding hydrogens is 412 g/mol. The zero-order valence-corrected chi connectivity index (χ0v) is 21.7. The maximum Gasteiger partial charge on any atom is 0.333 e. The Kier molecular flexibility index (Phi) is 9.47. The Labute approximate surface area is 196 Å². The Morgan fingerprint density at radius 2 is 1.44 bits per heavy atom. The van der Waals surface area contributed by atoms with E-state index in [-0.39, 0.29) is 17.1 Å². The average molecular weight is 453 g/mol. The van der Waals surface area contributed by atoms with Crippen molar-refractivity contribution >= 4 is 24.7 Å². The van der Waals surface area contributed by atoms with Crippen LogP contribution in [0, 0.1) is 5.92 Å². The molecule has 0 aliphatic carbocycles. The second kappa shape index (κ2) is 11.6. The summed E-state index contributed by atoms with van der Waals surface area (Å²) in [5.74, 6) is 0.0630. The Balaban J connectivity index is 2.22. The van der Waals surface area contributed by atoms with E-state index in [2.05, 4.69) is 102 Å². The summed E-state index contributed by atoms with van der Waals surface area (Å²) in [5, 5.41) is 2.57. The van der Waals surface area contributed by atoms with Crippen molar-refractivity contribution in [2.45, 2.75) is 71.9 Å². The van der Waals surface area contributed by atoms with Gasteiger partial charge in [0.15, 0.2) is 0 Å². The molecule has 2 rings (SSSR count). The molecule has 0 saturated heterocycles. The van der Waals surface area contributed by atoms with Crippen LogP contribution in [-0.2, 0) is 14.0 Å². The molecule has 32 heavy (non-hydrogen) atoms. The van der Waals surface area contributed by atoms with Crippen molar-refractivity contribution in [1.82, 2.24) is 0 Å². The summed E-state index contributed by atoms with van der Waals surface area (Å²) < 4.78 is 12.2. The van der Waals surface area contributed by atoms with Crippen molar-refractivity contribution < 1.29 is 14.0 Å². The van der Waals surface area contributed by atoms with Gasteiger partial charge in [-0.15, -0.1) is 0 Å². The van der Waals surface area contributed by atoms with Gasteiger partial charge in [-0.3, -0.25) is 0 Å². The largest absolute Gasteiger partial charge is 0.463 e. The molecule has 3 nitrogen and oxygen atoms in total. The monoisotopic (exact) mass is 452 g/mol. The van der Waals surface area contributed by atoms with Gasteiger partial charge in [-0.25, -0.2) is 4.79 Å². The fourth-order valence-corrected chi connectivity index (χ4v) is 9.15. The molecule has 0 aliphatic heterocycles. The predicted octanol–water partition coefficient (Wildman–Crippen LogP) is 5.88. The van der Waals surface area contributed by atoms with Crippen LogP contribution in [0.5, 0.6) is 0 Å². The van der Waals surface area contributed by atoms with Crippen molar-refractivity contribution in [3.05, 3.63) is 72.8 Å². The van der Waals surface area contributed by atoms with Gasteiger partial charge in [0.25, 0.3) is 8.32 Å². The average Bonchev–Trinajstić information content (AvgIpc) is 2.76. The Hall–Kier alpha value is -2.17. The maximum atomic E-state index is 11.9. The smallest absolute Gasteiger partial charge is 0.333 e. The molecule has 0 fully saturated rings. The highest BCUT2D eigenvalue weighted by atomic mass is 28.4. The third kappa shape index (κ3) is 6.43. The number of rotatable bonds is 11. The highest BCUT2D eigenvalue weighted by molar-refractivity contribution is 6.99. The molecule has 0 N–H and O–H groups in total. The van der Waals surface area contributed by atoms with Crippen LogP contribution >= 0.6 is 0 Å². The lowest BCUT2D eigenvalue weighted by Gasteiger charge is -2.44. The van der Waals surface area contributed by atoms with Gasteiger partial charge in [-0.05, 0) is 54.4 Å². The number of esters is 1. The summed E-state index contributed by atoms with van der Waals surface area (Å²) in [6.07, 6.45) is 2.66. The first-order valence-electron chi connectivity index (χ1n) is 11.8. The molecule has 2 aromatic carbocycles. The number of benzene rings is 2. The van der Waals surface area contributed by atoms with Gasteiger partial charge in [0.2, 0.25) is 0 Å². The standard InChI is InChI=1S/C28H40O3Si/c1-8-30-27(29)23(3)21-22(2)19-20-24(4)31-32(28(5,6)7,25-15-11-9-12-16-25)26-17-13-10-14-18-26/h9-18,22,24H,3,8,19-21H2,1-2,4-7H3/t22-,24-/m1/s1. The molecule has 2 aromatic rings. The van der Waals surface area contributed by atoms with Crippen molar-refractivity contribution in [2.75, 3.05) is 6.61 Å². The minimum atomic E-state index is -2.54. The molecule has 0 bridgehead atoms. The fraction of sp³-hybridized carbons (Fsp3) is 0.464. The summed E-state index contributed by atoms with van der Waals surface area (Å²) >= 11 is 0. The summed E-state index contributed by atoms with van der Waals surface area (Å²) in [7, 11) is -2.54. The third-order valence-corrected chi connectivity index (χ3v) is 11.2. The van der Waals surface area contributed by atoms with Crippen LogP contribution in [0.3, 0.4) is 0 Å². The van der Waals surface area contributed by atoms with Gasteiger partial charge in [0.05, 0.1) is 6.61 Å². The highest BCUT2D eigenvalue weighted by Gasteiger charge is 2.50. The summed E-state index contributed by atoms with van der Waals surface area (Å²) in [4.78, 5) is 11.9. The van der Waals surface area contributed by atoms with E-state index in [1.54, 1.807) is 0 Å². The van der Waals surface area contributed by atoms with Crippen LogP contribution in [0.25, 0.3) is 0 Å². The molecule has 0 spiro atoms. The Morgan fingerprint density at radius 3 is 1.88 bits per heavy atom. The minimum Gasteiger partial charge on any atom is -0.463 e. The van der Waals surface area contributed by atoms with Crippen molar-refractivity contribution in [3.8, 4) is 0 Å². The van der Waals surface area contributed by atoms with Gasteiger partial charge in [0.1, 0.15) is 0 Å². The molecule has 0 aliphatic rings. The normalized spacial score (nSPS) is 13.9. The van der Waals surface area contributed by atoms with Crippen molar-refractivity contribution in [2.24, 2.45) is 5.92 Å². The number of carbonyl (C=O) groups is 1. The van der Waals surface area contributed by atoms with Gasteiger partial charge in [-0.1, -0.05) is 94.9 Å². The van der Waals surface area contributed by atoms with Gasteiger partial charge < -0.3 is 9.16 Å². The molecule has 0 unspecified atom stereocenters. The summed E-state index contributed by atoms with van der Waals surface area (Å²) in [6, 6.07) is 21.5. The third-order valence-electron chi connectivity index (χ3n) is 6.02. The van der Waals surface area contributed by atoms with E-state index in [1.807, 2.05) is 6.92 Å². The first-order valence-corrected chi connectivity index (χ1v) is 13.7.